The van der Waals surface area contributed by atoms with E-state index in [0.29, 0.717) is 5.56 Å². The molecule has 0 aliphatic carbocycles. The molecule has 0 aliphatic heterocycles. The van der Waals surface area contributed by atoms with Gasteiger partial charge in [0, 0.05) is 17.7 Å². The molecule has 0 radical (unpaired) electrons. The van der Waals surface area contributed by atoms with Gasteiger partial charge in [0.05, 0.1) is 4.92 Å². The van der Waals surface area contributed by atoms with Gasteiger partial charge in [-0.05, 0) is 19.1 Å². The largest absolute Gasteiger partial charge is 1.00 e. The quantitative estimate of drug-likeness (QED) is 0.373. The van der Waals surface area contributed by atoms with Gasteiger partial charge in [-0.3, -0.25) is 14.9 Å². The summed E-state index contributed by atoms with van der Waals surface area (Å²) in [4.78, 5) is 20.5. The molecular weight excluding hydrogens is 238 g/mol. The summed E-state index contributed by atoms with van der Waals surface area (Å²) in [7, 11) is 0. The Morgan fingerprint density at radius 3 is 2.08 bits per heavy atom. The summed E-state index contributed by atoms with van der Waals surface area (Å²) in [6, 6.07) is 5.52. The maximum Gasteiger partial charge on any atom is 0.269 e. The smallest absolute Gasteiger partial charge is 0.269 e. The van der Waals surface area contributed by atoms with E-state index in [-0.39, 0.29) is 28.5 Å². The molecule has 0 aromatic heterocycles. The molecule has 0 amide bonds. The first-order valence-corrected chi connectivity index (χ1v) is 3.36. The first-order chi connectivity index (χ1) is 5.61. The van der Waals surface area contributed by atoms with Gasteiger partial charge in [-0.2, -0.15) is 0 Å². The van der Waals surface area contributed by atoms with Crippen LogP contribution in [-0.4, -0.2) is 10.7 Å². The molecule has 1 aromatic rings. The van der Waals surface area contributed by atoms with Crippen molar-refractivity contribution in [3.63, 3.8) is 0 Å². The van der Waals surface area contributed by atoms with Crippen molar-refractivity contribution in [3.05, 3.63) is 39.9 Å². The van der Waals surface area contributed by atoms with Crippen molar-refractivity contribution in [3.8, 4) is 0 Å². The van der Waals surface area contributed by atoms with Crippen LogP contribution in [0.15, 0.2) is 24.3 Å². The van der Waals surface area contributed by atoms with Crippen molar-refractivity contribution >= 4 is 11.5 Å². The number of Topliss-reactive ketones (excluding diaryl/α,β-unsaturated/α-hetero) is 1. The molecule has 0 saturated carbocycles. The van der Waals surface area contributed by atoms with Crippen LogP contribution < -0.4 is 17.0 Å². The number of hydrogen-bond acceptors (Lipinski definition) is 3. The normalized spacial score (nSPS) is 8.69. The molecule has 0 atom stereocenters. The van der Waals surface area contributed by atoms with Crippen molar-refractivity contribution in [2.45, 2.75) is 6.92 Å². The van der Waals surface area contributed by atoms with Crippen LogP contribution >= 0.6 is 0 Å². The zero-order chi connectivity index (χ0) is 9.14. The van der Waals surface area contributed by atoms with E-state index in [2.05, 4.69) is 0 Å². The number of carbonyl (C=O) groups excluding carboxylic acids is 1. The van der Waals surface area contributed by atoms with Crippen LogP contribution in [0.2, 0.25) is 0 Å². The molecule has 4 nitrogen and oxygen atoms in total. The van der Waals surface area contributed by atoms with Crippen LogP contribution in [0.4, 0.5) is 5.69 Å². The van der Waals surface area contributed by atoms with E-state index >= 15 is 0 Å². The number of nitro groups is 1. The molecule has 13 heavy (non-hydrogen) atoms. The molecule has 1 rings (SSSR count). The summed E-state index contributed by atoms with van der Waals surface area (Å²) in [6.45, 7) is 1.42. The van der Waals surface area contributed by atoms with E-state index in [4.69, 9.17) is 0 Å². The number of ketones is 1. The van der Waals surface area contributed by atoms with Crippen LogP contribution in [0.1, 0.15) is 17.3 Å². The average Bonchev–Trinajstić information content (AvgIpc) is 2.04. The second-order valence-corrected chi connectivity index (χ2v) is 2.36. The van der Waals surface area contributed by atoms with Gasteiger partial charge in [0.2, 0.25) is 0 Å². The second-order valence-electron chi connectivity index (χ2n) is 2.36. The van der Waals surface area contributed by atoms with Gasteiger partial charge in [0.25, 0.3) is 5.69 Å². The van der Waals surface area contributed by atoms with Gasteiger partial charge < -0.3 is 17.0 Å². The molecule has 0 aliphatic rings. The number of nitro benzene ring substituents is 1. The lowest BCUT2D eigenvalue weighted by Crippen LogP contribution is -3.00. The minimum Gasteiger partial charge on any atom is -1.00 e. The van der Waals surface area contributed by atoms with Gasteiger partial charge in [0.15, 0.2) is 5.78 Å². The lowest BCUT2D eigenvalue weighted by atomic mass is 10.1. The Balaban J connectivity index is 0.00000144. The fraction of sp³-hybridized carbons (Fsp3) is 0.125. The summed E-state index contributed by atoms with van der Waals surface area (Å²) < 4.78 is 0. The zero-order valence-electron chi connectivity index (χ0n) is 6.86. The summed E-state index contributed by atoms with van der Waals surface area (Å²) in [5.74, 6) is -0.0927. The third kappa shape index (κ3) is 2.95. The summed E-state index contributed by atoms with van der Waals surface area (Å²) in [6.07, 6.45) is 0. The Labute approximate surface area is 85.5 Å². The van der Waals surface area contributed by atoms with Crippen LogP contribution in [0.5, 0.6) is 0 Å². The zero-order valence-corrected chi connectivity index (χ0v) is 8.45. The van der Waals surface area contributed by atoms with Gasteiger partial charge in [-0.15, -0.1) is 0 Å². The predicted octanol–water partition coefficient (Wildman–Crippen LogP) is -1.20. The number of rotatable bonds is 2. The number of carbonyl (C=O) groups is 1. The van der Waals surface area contributed by atoms with E-state index in [9.17, 15) is 14.9 Å². The highest BCUT2D eigenvalue weighted by Crippen LogP contribution is 2.11. The highest BCUT2D eigenvalue weighted by molar-refractivity contribution is 5.94. The van der Waals surface area contributed by atoms with Crippen molar-refractivity contribution in [2.24, 2.45) is 0 Å². The molecule has 5 heteroatoms. The predicted molar refractivity (Wildman–Crippen MR) is 43.1 cm³/mol. The molecule has 0 unspecified atom stereocenters. The van der Waals surface area contributed by atoms with Gasteiger partial charge >= 0.3 is 0 Å². The third-order valence-electron chi connectivity index (χ3n) is 1.48. The molecule has 70 valence electrons. The third-order valence-corrected chi connectivity index (χ3v) is 1.48. The van der Waals surface area contributed by atoms with Crippen LogP contribution in [0.25, 0.3) is 0 Å². The summed E-state index contributed by atoms with van der Waals surface area (Å²) in [5, 5.41) is 10.2. The topological polar surface area (TPSA) is 60.2 Å². The van der Waals surface area contributed by atoms with E-state index in [0.717, 1.165) is 0 Å². The fourth-order valence-electron chi connectivity index (χ4n) is 0.818. The molecule has 0 saturated heterocycles. The second kappa shape index (κ2) is 4.71. The Kier molecular flexibility index (Phi) is 4.27. The standard InChI is InChI=1S/C8H7NO3.BrH/c1-6(10)7-2-4-8(5-3-7)9(11)12;/h2-5H,1H3;1H/p-1. The van der Waals surface area contributed by atoms with Crippen LogP contribution in [0, 0.1) is 10.1 Å². The van der Waals surface area contributed by atoms with Crippen molar-refractivity contribution in [2.75, 3.05) is 0 Å². The molecule has 0 N–H and O–H groups in total. The van der Waals surface area contributed by atoms with E-state index in [1.54, 1.807) is 0 Å². The molecule has 0 bridgehead atoms. The number of benzene rings is 1. The lowest BCUT2D eigenvalue weighted by molar-refractivity contribution is -0.384. The maximum absolute atomic E-state index is 10.8. The van der Waals surface area contributed by atoms with Gasteiger partial charge in [-0.25, -0.2) is 0 Å². The SMILES string of the molecule is CC(=O)c1ccc([N+](=O)[O-])cc1.[Br-]. The van der Waals surface area contributed by atoms with E-state index in [1.165, 1.54) is 31.2 Å². The lowest BCUT2D eigenvalue weighted by Gasteiger charge is -1.93. The number of non-ortho nitro benzene ring substituents is 1. The van der Waals surface area contributed by atoms with Crippen LogP contribution in [0.3, 0.4) is 0 Å². The highest BCUT2D eigenvalue weighted by atomic mass is 79.9. The summed E-state index contributed by atoms with van der Waals surface area (Å²) >= 11 is 0. The first kappa shape index (κ1) is 11.8. The van der Waals surface area contributed by atoms with E-state index in [1.807, 2.05) is 0 Å². The number of hydrogen-bond donors (Lipinski definition) is 0. The monoisotopic (exact) mass is 244 g/mol. The summed E-state index contributed by atoms with van der Waals surface area (Å²) in [5.41, 5.74) is 0.487. The minimum atomic E-state index is -0.496. The van der Waals surface area contributed by atoms with Crippen molar-refractivity contribution in [1.29, 1.82) is 0 Å². The van der Waals surface area contributed by atoms with Gasteiger partial charge in [-0.1, -0.05) is 0 Å². The molecule has 0 heterocycles. The number of nitrogens with zero attached hydrogens (tertiary/aromatic N) is 1. The van der Waals surface area contributed by atoms with Crippen molar-refractivity contribution in [1.82, 2.24) is 0 Å². The minimum absolute atomic E-state index is 0. The highest BCUT2D eigenvalue weighted by Gasteiger charge is 2.05. The Morgan fingerprint density at radius 1 is 1.31 bits per heavy atom. The van der Waals surface area contributed by atoms with Crippen LogP contribution in [-0.2, 0) is 0 Å². The molecular formula is C8H7BrNO3-. The average molecular weight is 245 g/mol. The Bertz CT molecular complexity index is 288. The molecule has 0 fully saturated rings. The Morgan fingerprint density at radius 2 is 1.77 bits per heavy atom. The van der Waals surface area contributed by atoms with Gasteiger partial charge in [0.1, 0.15) is 0 Å². The van der Waals surface area contributed by atoms with Crippen molar-refractivity contribution < 1.29 is 26.7 Å². The first-order valence-electron chi connectivity index (χ1n) is 3.36. The fourth-order valence-corrected chi connectivity index (χ4v) is 0.818. The molecule has 1 aromatic carbocycles. The number of halogens is 1. The van der Waals surface area contributed by atoms with E-state index < -0.39 is 4.92 Å². The molecule has 0 spiro atoms. The Hall–Kier alpha value is -1.23. The maximum atomic E-state index is 10.8.